The van der Waals surface area contributed by atoms with Gasteiger partial charge in [0.2, 0.25) is 11.0 Å². The predicted octanol–water partition coefficient (Wildman–Crippen LogP) is 2.93. The number of hydrogen-bond donors (Lipinski definition) is 1. The van der Waals surface area contributed by atoms with Crippen LogP contribution in [0.15, 0.2) is 23.2 Å². The number of halogens is 2. The highest BCUT2D eigenvalue weighted by Crippen LogP contribution is 2.41. The minimum atomic E-state index is -2.74. The van der Waals surface area contributed by atoms with Crippen molar-refractivity contribution < 1.29 is 18.1 Å². The molecular formula is C23H24F2N8O2S2. The Kier molecular flexibility index (Phi) is 5.86. The molecule has 2 aromatic heterocycles. The van der Waals surface area contributed by atoms with Crippen molar-refractivity contribution in [1.82, 2.24) is 29.6 Å². The lowest BCUT2D eigenvalue weighted by Crippen LogP contribution is -2.70. The predicted molar refractivity (Wildman–Crippen MR) is 133 cm³/mol. The molecule has 2 bridgehead atoms. The molecule has 7 rings (SSSR count). The van der Waals surface area contributed by atoms with E-state index in [9.17, 15) is 23.4 Å². The summed E-state index contributed by atoms with van der Waals surface area (Å²) in [4.78, 5) is 17.3. The summed E-state index contributed by atoms with van der Waals surface area (Å²) < 4.78 is 44.0. The molecule has 14 heteroatoms. The van der Waals surface area contributed by atoms with Gasteiger partial charge in [0.15, 0.2) is 9.90 Å². The van der Waals surface area contributed by atoms with Gasteiger partial charge < -0.3 is 14.4 Å². The van der Waals surface area contributed by atoms with Crippen molar-refractivity contribution in [3.63, 3.8) is 0 Å². The molecule has 10 nitrogen and oxygen atoms in total. The highest BCUT2D eigenvalue weighted by molar-refractivity contribution is 7.89. The van der Waals surface area contributed by atoms with Crippen molar-refractivity contribution in [3.05, 3.63) is 23.3 Å². The first-order chi connectivity index (χ1) is 17.7. The second-order valence-electron chi connectivity index (χ2n) is 10.1. The van der Waals surface area contributed by atoms with Crippen LogP contribution in [0.5, 0.6) is 0 Å². The van der Waals surface area contributed by atoms with Gasteiger partial charge in [-0.1, -0.05) is 25.2 Å². The minimum absolute atomic E-state index is 0.0708. The number of alkyl halides is 2. The lowest BCUT2D eigenvalue weighted by atomic mass is 9.85. The maximum Gasteiger partial charge on any atom is 0.291 e. The van der Waals surface area contributed by atoms with Crippen LogP contribution in [-0.4, -0.2) is 66.0 Å². The monoisotopic (exact) mass is 546 g/mol. The number of piperidine rings is 1. The molecule has 4 aliphatic rings. The molecule has 3 aromatic rings. The standard InChI is InChI=1S/C23H24F2N8O2S2/c1-12(2)21(34)32-13-5-14(32)10-31(9-13)17-6-15(37(35)30-23(11-26)3-4-23)7-18-16(17)8-27-33(18)22-29-28-20(36-22)19(24)25/h6-8,12-14,19,30H,3-5,9-10H2,1-2H3. The molecule has 0 spiro atoms. The molecule has 1 saturated carbocycles. The number of nitrogens with one attached hydrogen (secondary N) is 1. The van der Waals surface area contributed by atoms with Gasteiger partial charge in [0, 0.05) is 36.5 Å². The number of amides is 1. The smallest absolute Gasteiger partial charge is 0.291 e. The Morgan fingerprint density at radius 3 is 2.62 bits per heavy atom. The average Bonchev–Trinajstić information content (AvgIpc) is 3.26. The molecule has 1 aliphatic carbocycles. The zero-order valence-corrected chi connectivity index (χ0v) is 21.7. The average molecular weight is 547 g/mol. The number of rotatable bonds is 7. The van der Waals surface area contributed by atoms with Gasteiger partial charge in [0.1, 0.15) is 5.54 Å². The summed E-state index contributed by atoms with van der Waals surface area (Å²) in [7, 11) is 0. The summed E-state index contributed by atoms with van der Waals surface area (Å²) in [6.45, 7) is 5.04. The van der Waals surface area contributed by atoms with E-state index in [1.807, 2.05) is 24.8 Å². The Labute approximate surface area is 218 Å². The van der Waals surface area contributed by atoms with Crippen LogP contribution in [0.2, 0.25) is 0 Å². The molecule has 194 valence electrons. The highest BCUT2D eigenvalue weighted by atomic mass is 32.2. The third-order valence-electron chi connectivity index (χ3n) is 7.19. The molecule has 3 unspecified atom stereocenters. The molecule has 1 aromatic carbocycles. The minimum Gasteiger partial charge on any atom is -0.593 e. The zero-order chi connectivity index (χ0) is 26.1. The van der Waals surface area contributed by atoms with Crippen molar-refractivity contribution in [2.75, 3.05) is 18.0 Å². The number of carbonyl (C=O) groups excluding carboxylic acids is 1. The summed E-state index contributed by atoms with van der Waals surface area (Å²) in [5.74, 6) is 0.0776. The number of fused-ring (bicyclic) bond motifs is 3. The maximum absolute atomic E-state index is 13.3. The van der Waals surface area contributed by atoms with E-state index >= 15 is 0 Å². The quantitative estimate of drug-likeness (QED) is 0.449. The normalized spacial score (nSPS) is 22.9. The number of hydrogen-bond acceptors (Lipinski definition) is 9. The number of piperazine rings is 1. The Morgan fingerprint density at radius 2 is 2.03 bits per heavy atom. The summed E-state index contributed by atoms with van der Waals surface area (Å²) in [6, 6.07) is 5.89. The van der Waals surface area contributed by atoms with Gasteiger partial charge in [-0.3, -0.25) is 4.79 Å². The maximum atomic E-state index is 13.3. The summed E-state index contributed by atoms with van der Waals surface area (Å²) in [5.41, 5.74) is 0.548. The van der Waals surface area contributed by atoms with E-state index in [1.165, 1.54) is 4.68 Å². The Balaban J connectivity index is 1.39. The van der Waals surface area contributed by atoms with Gasteiger partial charge in [-0.2, -0.15) is 10.4 Å². The van der Waals surface area contributed by atoms with Crippen molar-refractivity contribution >= 4 is 45.2 Å². The zero-order valence-electron chi connectivity index (χ0n) is 20.1. The Bertz CT molecular complexity index is 1400. The second kappa shape index (κ2) is 8.87. The van der Waals surface area contributed by atoms with Crippen LogP contribution in [0.1, 0.15) is 44.5 Å². The van der Waals surface area contributed by atoms with E-state index in [-0.39, 0.29) is 29.0 Å². The van der Waals surface area contributed by atoms with E-state index in [0.29, 0.717) is 36.3 Å². The molecule has 3 atom stereocenters. The highest BCUT2D eigenvalue weighted by Gasteiger charge is 2.49. The number of carbonyl (C=O) groups is 1. The van der Waals surface area contributed by atoms with Gasteiger partial charge in [-0.15, -0.1) is 14.9 Å². The molecule has 0 radical (unpaired) electrons. The molecule has 3 saturated heterocycles. The van der Waals surface area contributed by atoms with Crippen LogP contribution in [0.3, 0.4) is 0 Å². The van der Waals surface area contributed by atoms with Gasteiger partial charge in [-0.05, 0) is 19.3 Å². The van der Waals surface area contributed by atoms with Crippen LogP contribution in [0, 0.1) is 17.2 Å². The summed E-state index contributed by atoms with van der Waals surface area (Å²) >= 11 is -0.945. The molecule has 3 aliphatic heterocycles. The molecule has 1 amide bonds. The van der Waals surface area contributed by atoms with Crippen molar-refractivity contribution in [2.24, 2.45) is 5.92 Å². The van der Waals surface area contributed by atoms with Crippen LogP contribution >= 0.6 is 11.3 Å². The fourth-order valence-corrected chi connectivity index (χ4v) is 6.90. The molecule has 37 heavy (non-hydrogen) atoms. The number of aromatic nitrogens is 4. The molecular weight excluding hydrogens is 522 g/mol. The fraction of sp³-hybridized carbons (Fsp3) is 0.522. The van der Waals surface area contributed by atoms with Crippen molar-refractivity contribution in [2.45, 2.75) is 62.1 Å². The first-order valence-electron chi connectivity index (χ1n) is 12.0. The van der Waals surface area contributed by atoms with Crippen molar-refractivity contribution in [1.29, 1.82) is 5.26 Å². The fourth-order valence-electron chi connectivity index (χ4n) is 5.07. The van der Waals surface area contributed by atoms with Crippen LogP contribution in [-0.2, 0) is 16.2 Å². The first-order valence-corrected chi connectivity index (χ1v) is 14.0. The van der Waals surface area contributed by atoms with Gasteiger partial charge in [0.05, 0.1) is 46.9 Å². The number of nitriles is 1. The largest absolute Gasteiger partial charge is 0.593 e. The molecule has 1 N–H and O–H groups in total. The number of benzene rings is 1. The van der Waals surface area contributed by atoms with E-state index in [2.05, 4.69) is 31.0 Å². The van der Waals surface area contributed by atoms with Crippen LogP contribution < -0.4 is 9.62 Å². The number of nitrogens with zero attached hydrogens (tertiary/aromatic N) is 7. The summed E-state index contributed by atoms with van der Waals surface area (Å²) in [5, 5.41) is 21.9. The molecule has 5 heterocycles. The second-order valence-corrected chi connectivity index (χ2v) is 12.3. The Hall–Kier alpha value is -2.86. The van der Waals surface area contributed by atoms with E-state index in [0.717, 1.165) is 28.8 Å². The lowest BCUT2D eigenvalue weighted by molar-refractivity contribution is -0.149. The van der Waals surface area contributed by atoms with Gasteiger partial charge in [0.25, 0.3) is 6.43 Å². The van der Waals surface area contributed by atoms with E-state index < -0.39 is 28.3 Å². The Morgan fingerprint density at radius 1 is 1.30 bits per heavy atom. The lowest BCUT2D eigenvalue weighted by Gasteiger charge is -2.57. The number of anilines is 1. The third-order valence-corrected chi connectivity index (χ3v) is 9.33. The SMILES string of the molecule is CC(C)C(=O)N1C2CC1CN(c1cc([S+]([O-])NC3(C#N)CC3)cc3c1cnn3-c1nnc(C(F)F)s1)C2. The van der Waals surface area contributed by atoms with E-state index in [4.69, 9.17) is 0 Å². The van der Waals surface area contributed by atoms with Crippen LogP contribution in [0.25, 0.3) is 16.0 Å². The van der Waals surface area contributed by atoms with Gasteiger partial charge >= 0.3 is 0 Å². The first kappa shape index (κ1) is 24.5. The van der Waals surface area contributed by atoms with Crippen molar-refractivity contribution in [3.8, 4) is 11.2 Å². The third kappa shape index (κ3) is 4.14. The van der Waals surface area contributed by atoms with Crippen LogP contribution in [0.4, 0.5) is 14.5 Å². The summed E-state index contributed by atoms with van der Waals surface area (Å²) in [6.07, 6.45) is 1.09. The topological polar surface area (TPSA) is 126 Å². The van der Waals surface area contributed by atoms with E-state index in [1.54, 1.807) is 12.3 Å². The van der Waals surface area contributed by atoms with Gasteiger partial charge in [-0.25, -0.2) is 13.5 Å². The molecule has 4 fully saturated rings.